The van der Waals surface area contributed by atoms with Crippen LogP contribution in [0.3, 0.4) is 0 Å². The number of carbonyl (C=O) groups is 1. The van der Waals surface area contributed by atoms with Gasteiger partial charge in [0.15, 0.2) is 5.96 Å². The molecule has 1 saturated heterocycles. The van der Waals surface area contributed by atoms with E-state index in [1.807, 2.05) is 38.1 Å². The summed E-state index contributed by atoms with van der Waals surface area (Å²) in [5, 5.41) is 9.63. The van der Waals surface area contributed by atoms with E-state index in [1.54, 1.807) is 7.05 Å². The van der Waals surface area contributed by atoms with Crippen molar-refractivity contribution in [3.63, 3.8) is 0 Å². The SMILES string of the molecule is CN=C(NCc1ccc(CN2CCCCC2)cc1)NCc1ccc(NC(=O)C(C)C)cc1. The molecule has 2 aromatic rings. The van der Waals surface area contributed by atoms with Crippen LogP contribution in [0.1, 0.15) is 49.8 Å². The minimum atomic E-state index is -0.0309. The van der Waals surface area contributed by atoms with E-state index < -0.39 is 0 Å². The molecule has 1 fully saturated rings. The largest absolute Gasteiger partial charge is 0.352 e. The zero-order valence-electron chi connectivity index (χ0n) is 19.7. The highest BCUT2D eigenvalue weighted by molar-refractivity contribution is 5.92. The summed E-state index contributed by atoms with van der Waals surface area (Å²) in [6.45, 7) is 8.65. The van der Waals surface area contributed by atoms with Gasteiger partial charge in [-0.25, -0.2) is 0 Å². The molecule has 1 aliphatic heterocycles. The third kappa shape index (κ3) is 7.68. The molecule has 172 valence electrons. The molecule has 0 bridgehead atoms. The van der Waals surface area contributed by atoms with Crippen LogP contribution >= 0.6 is 0 Å². The van der Waals surface area contributed by atoms with Crippen molar-refractivity contribution in [3.05, 3.63) is 65.2 Å². The van der Waals surface area contributed by atoms with Gasteiger partial charge in [0.2, 0.25) is 5.91 Å². The second-order valence-corrected chi connectivity index (χ2v) is 8.77. The number of nitrogens with one attached hydrogen (secondary N) is 3. The Kier molecular flexibility index (Phi) is 9.11. The number of amides is 1. The minimum absolute atomic E-state index is 0.0278. The van der Waals surface area contributed by atoms with Crippen molar-refractivity contribution in [2.24, 2.45) is 10.9 Å². The molecule has 6 nitrogen and oxygen atoms in total. The van der Waals surface area contributed by atoms with Gasteiger partial charge >= 0.3 is 0 Å². The fourth-order valence-electron chi connectivity index (χ4n) is 3.72. The van der Waals surface area contributed by atoms with E-state index in [-0.39, 0.29) is 11.8 Å². The summed E-state index contributed by atoms with van der Waals surface area (Å²) in [7, 11) is 1.78. The second kappa shape index (κ2) is 12.2. The van der Waals surface area contributed by atoms with Crippen molar-refractivity contribution in [3.8, 4) is 0 Å². The van der Waals surface area contributed by atoms with Crippen LogP contribution in [-0.4, -0.2) is 36.9 Å². The first-order chi connectivity index (χ1) is 15.5. The number of nitrogens with zero attached hydrogens (tertiary/aromatic N) is 2. The van der Waals surface area contributed by atoms with Crippen LogP contribution in [0.2, 0.25) is 0 Å². The van der Waals surface area contributed by atoms with Crippen LogP contribution in [0, 0.1) is 5.92 Å². The lowest BCUT2D eigenvalue weighted by Crippen LogP contribution is -2.36. The van der Waals surface area contributed by atoms with Gasteiger partial charge in [-0.15, -0.1) is 0 Å². The number of anilines is 1. The molecule has 0 spiro atoms. The number of benzene rings is 2. The molecule has 6 heteroatoms. The molecule has 3 N–H and O–H groups in total. The van der Waals surface area contributed by atoms with Crippen molar-refractivity contribution < 1.29 is 4.79 Å². The van der Waals surface area contributed by atoms with E-state index in [0.29, 0.717) is 6.54 Å². The zero-order chi connectivity index (χ0) is 22.8. The predicted molar refractivity (Wildman–Crippen MR) is 133 cm³/mol. The standard InChI is InChI=1S/C26H37N5O/c1-20(2)25(32)30-24-13-11-22(12-14-24)18-29-26(27-3)28-17-21-7-9-23(10-8-21)19-31-15-5-4-6-16-31/h7-14,20H,4-6,15-19H2,1-3H3,(H,30,32)(H2,27,28,29). The van der Waals surface area contributed by atoms with Gasteiger partial charge in [-0.3, -0.25) is 14.7 Å². The Balaban J connectivity index is 1.42. The lowest BCUT2D eigenvalue weighted by atomic mass is 10.1. The first-order valence-corrected chi connectivity index (χ1v) is 11.7. The lowest BCUT2D eigenvalue weighted by molar-refractivity contribution is -0.118. The summed E-state index contributed by atoms with van der Waals surface area (Å²) in [6.07, 6.45) is 4.03. The highest BCUT2D eigenvalue weighted by Crippen LogP contribution is 2.14. The molecule has 1 amide bonds. The Hall–Kier alpha value is -2.86. The zero-order valence-corrected chi connectivity index (χ0v) is 19.7. The molecule has 0 aliphatic carbocycles. The van der Waals surface area contributed by atoms with Gasteiger partial charge in [0.25, 0.3) is 0 Å². The fraction of sp³-hybridized carbons (Fsp3) is 0.462. The smallest absolute Gasteiger partial charge is 0.226 e. The third-order valence-corrected chi connectivity index (χ3v) is 5.77. The Bertz CT molecular complexity index is 868. The average molecular weight is 436 g/mol. The number of hydrogen-bond donors (Lipinski definition) is 3. The van der Waals surface area contributed by atoms with E-state index in [4.69, 9.17) is 0 Å². The first kappa shape index (κ1) is 23.8. The molecule has 32 heavy (non-hydrogen) atoms. The normalized spacial score (nSPS) is 14.9. The fourth-order valence-corrected chi connectivity index (χ4v) is 3.72. The maximum atomic E-state index is 11.8. The first-order valence-electron chi connectivity index (χ1n) is 11.7. The maximum absolute atomic E-state index is 11.8. The molecule has 0 unspecified atom stereocenters. The van der Waals surface area contributed by atoms with E-state index in [0.717, 1.165) is 30.3 Å². The number of rotatable bonds is 8. The van der Waals surface area contributed by atoms with Crippen molar-refractivity contribution in [1.29, 1.82) is 0 Å². The van der Waals surface area contributed by atoms with Crippen molar-refractivity contribution in [1.82, 2.24) is 15.5 Å². The lowest BCUT2D eigenvalue weighted by Gasteiger charge is -2.26. The number of hydrogen-bond acceptors (Lipinski definition) is 3. The van der Waals surface area contributed by atoms with Gasteiger partial charge in [0.05, 0.1) is 0 Å². The summed E-state index contributed by atoms with van der Waals surface area (Å²) >= 11 is 0. The number of piperidine rings is 1. The van der Waals surface area contributed by atoms with Crippen molar-refractivity contribution in [2.75, 3.05) is 25.5 Å². The van der Waals surface area contributed by atoms with E-state index >= 15 is 0 Å². The average Bonchev–Trinajstić information content (AvgIpc) is 2.82. The van der Waals surface area contributed by atoms with Crippen LogP contribution in [-0.2, 0) is 24.4 Å². The molecular formula is C26H37N5O. The topological polar surface area (TPSA) is 68.8 Å². The third-order valence-electron chi connectivity index (χ3n) is 5.77. The van der Waals surface area contributed by atoms with Crippen LogP contribution in [0.15, 0.2) is 53.5 Å². The number of aliphatic imine (C=N–C) groups is 1. The molecule has 1 heterocycles. The molecule has 1 aliphatic rings. The van der Waals surface area contributed by atoms with Crippen LogP contribution in [0.25, 0.3) is 0 Å². The van der Waals surface area contributed by atoms with E-state index in [1.165, 1.54) is 43.5 Å². The maximum Gasteiger partial charge on any atom is 0.226 e. The monoisotopic (exact) mass is 435 g/mol. The quantitative estimate of drug-likeness (QED) is 0.431. The molecule has 0 saturated carbocycles. The summed E-state index contributed by atoms with van der Waals surface area (Å²) in [6, 6.07) is 16.8. The number of carbonyl (C=O) groups excluding carboxylic acids is 1. The summed E-state index contributed by atoms with van der Waals surface area (Å²) < 4.78 is 0. The number of likely N-dealkylation sites (tertiary alicyclic amines) is 1. The molecule has 2 aromatic carbocycles. The second-order valence-electron chi connectivity index (χ2n) is 8.77. The van der Waals surface area contributed by atoms with Crippen molar-refractivity contribution in [2.45, 2.75) is 52.7 Å². The Labute approximate surface area is 192 Å². The highest BCUT2D eigenvalue weighted by atomic mass is 16.1. The Morgan fingerprint density at radius 1 is 0.875 bits per heavy atom. The van der Waals surface area contributed by atoms with Gasteiger partial charge in [-0.1, -0.05) is 56.7 Å². The van der Waals surface area contributed by atoms with Crippen LogP contribution in [0.4, 0.5) is 5.69 Å². The molecule has 0 radical (unpaired) electrons. The Morgan fingerprint density at radius 2 is 1.41 bits per heavy atom. The van der Waals surface area contributed by atoms with Gasteiger partial charge in [-0.05, 0) is 54.8 Å². The minimum Gasteiger partial charge on any atom is -0.352 e. The molecular weight excluding hydrogens is 398 g/mol. The summed E-state index contributed by atoms with van der Waals surface area (Å²) in [4.78, 5) is 18.7. The van der Waals surface area contributed by atoms with Gasteiger partial charge < -0.3 is 16.0 Å². The molecule has 3 rings (SSSR count). The van der Waals surface area contributed by atoms with Crippen molar-refractivity contribution >= 4 is 17.6 Å². The molecule has 0 atom stereocenters. The van der Waals surface area contributed by atoms with Crippen LogP contribution in [0.5, 0.6) is 0 Å². The number of guanidine groups is 1. The van der Waals surface area contributed by atoms with E-state index in [2.05, 4.69) is 50.1 Å². The summed E-state index contributed by atoms with van der Waals surface area (Å²) in [5.74, 6) is 0.760. The molecule has 0 aromatic heterocycles. The van der Waals surface area contributed by atoms with E-state index in [9.17, 15) is 4.79 Å². The van der Waals surface area contributed by atoms with Gasteiger partial charge in [-0.2, -0.15) is 0 Å². The van der Waals surface area contributed by atoms with Gasteiger partial charge in [0.1, 0.15) is 0 Å². The highest BCUT2D eigenvalue weighted by Gasteiger charge is 2.10. The predicted octanol–water partition coefficient (Wildman–Crippen LogP) is 4.13. The summed E-state index contributed by atoms with van der Waals surface area (Å²) in [5.41, 5.74) is 4.56. The van der Waals surface area contributed by atoms with Crippen LogP contribution < -0.4 is 16.0 Å². The van der Waals surface area contributed by atoms with Gasteiger partial charge in [0, 0.05) is 38.3 Å². The Morgan fingerprint density at radius 3 is 1.94 bits per heavy atom.